The summed E-state index contributed by atoms with van der Waals surface area (Å²) in [7, 11) is 0. The van der Waals surface area contributed by atoms with Gasteiger partial charge < -0.3 is 5.32 Å². The molecule has 0 fully saturated rings. The van der Waals surface area contributed by atoms with Crippen LogP contribution in [-0.2, 0) is 11.3 Å². The Hall–Kier alpha value is -2.47. The first-order valence-electron chi connectivity index (χ1n) is 7.75. The predicted octanol–water partition coefficient (Wildman–Crippen LogP) is 2.95. The van der Waals surface area contributed by atoms with Gasteiger partial charge in [-0.2, -0.15) is 0 Å². The molecular formula is C18H19N3O2S. The minimum Gasteiger partial charge on any atom is -0.348 e. The number of aryl methyl sites for hydroxylation is 2. The second-order valence-corrected chi connectivity index (χ2v) is 6.84. The van der Waals surface area contributed by atoms with Gasteiger partial charge in [0.05, 0.1) is 17.8 Å². The summed E-state index contributed by atoms with van der Waals surface area (Å²) in [5.41, 5.74) is 3.27. The molecule has 0 bridgehead atoms. The molecule has 0 aliphatic rings. The van der Waals surface area contributed by atoms with Gasteiger partial charge in [0, 0.05) is 0 Å². The van der Waals surface area contributed by atoms with Gasteiger partial charge in [-0.25, -0.2) is 4.98 Å². The monoisotopic (exact) mass is 341 g/mol. The molecule has 3 aromatic rings. The molecule has 0 spiro atoms. The SMILES string of the molecule is Cc1ccc(C(C)NC(=O)Cn2cnc3sccc3c2=O)cc1C. The Kier molecular flexibility index (Phi) is 4.49. The molecule has 5 nitrogen and oxygen atoms in total. The zero-order chi connectivity index (χ0) is 17.3. The normalized spacial score (nSPS) is 12.3. The van der Waals surface area contributed by atoms with Gasteiger partial charge in [-0.05, 0) is 48.9 Å². The fourth-order valence-corrected chi connectivity index (χ4v) is 3.29. The van der Waals surface area contributed by atoms with Gasteiger partial charge in [0.2, 0.25) is 5.91 Å². The van der Waals surface area contributed by atoms with Crippen LogP contribution in [0.3, 0.4) is 0 Å². The number of amides is 1. The van der Waals surface area contributed by atoms with Crippen molar-refractivity contribution >= 4 is 27.5 Å². The van der Waals surface area contributed by atoms with E-state index in [0.717, 1.165) is 5.56 Å². The summed E-state index contributed by atoms with van der Waals surface area (Å²) in [5, 5.41) is 5.31. The summed E-state index contributed by atoms with van der Waals surface area (Å²) in [6.45, 7) is 6.01. The highest BCUT2D eigenvalue weighted by Gasteiger charge is 2.13. The number of rotatable bonds is 4. The molecule has 1 unspecified atom stereocenters. The lowest BCUT2D eigenvalue weighted by atomic mass is 10.0. The van der Waals surface area contributed by atoms with E-state index < -0.39 is 0 Å². The number of benzene rings is 1. The molecule has 1 atom stereocenters. The van der Waals surface area contributed by atoms with Crippen LogP contribution >= 0.6 is 11.3 Å². The van der Waals surface area contributed by atoms with Crippen LogP contribution in [0, 0.1) is 13.8 Å². The molecule has 2 aromatic heterocycles. The first-order valence-corrected chi connectivity index (χ1v) is 8.63. The smallest absolute Gasteiger partial charge is 0.262 e. The van der Waals surface area contributed by atoms with Crippen LogP contribution in [-0.4, -0.2) is 15.5 Å². The summed E-state index contributed by atoms with van der Waals surface area (Å²) >= 11 is 1.41. The van der Waals surface area contributed by atoms with Crippen LogP contribution in [0.5, 0.6) is 0 Å². The predicted molar refractivity (Wildman–Crippen MR) is 96.4 cm³/mol. The average Bonchev–Trinajstić information content (AvgIpc) is 3.02. The molecule has 2 heterocycles. The van der Waals surface area contributed by atoms with Gasteiger partial charge in [0.15, 0.2) is 0 Å². The van der Waals surface area contributed by atoms with E-state index in [9.17, 15) is 9.59 Å². The summed E-state index contributed by atoms with van der Waals surface area (Å²) in [4.78, 5) is 29.5. The topological polar surface area (TPSA) is 64.0 Å². The molecule has 0 aliphatic heterocycles. The van der Waals surface area contributed by atoms with Crippen molar-refractivity contribution in [2.24, 2.45) is 0 Å². The van der Waals surface area contributed by atoms with E-state index in [-0.39, 0.29) is 24.1 Å². The van der Waals surface area contributed by atoms with Gasteiger partial charge in [0.1, 0.15) is 11.4 Å². The fraction of sp³-hybridized carbons (Fsp3) is 0.278. The molecule has 3 rings (SSSR count). The van der Waals surface area contributed by atoms with Gasteiger partial charge >= 0.3 is 0 Å². The van der Waals surface area contributed by atoms with Crippen molar-refractivity contribution in [3.8, 4) is 0 Å². The summed E-state index contributed by atoms with van der Waals surface area (Å²) in [5.74, 6) is -0.209. The van der Waals surface area contributed by atoms with Crippen LogP contribution in [0.25, 0.3) is 10.2 Å². The molecule has 24 heavy (non-hydrogen) atoms. The highest BCUT2D eigenvalue weighted by Crippen LogP contribution is 2.17. The van der Waals surface area contributed by atoms with Crippen LogP contribution in [0.4, 0.5) is 0 Å². The van der Waals surface area contributed by atoms with Crippen molar-refractivity contribution in [1.29, 1.82) is 0 Å². The van der Waals surface area contributed by atoms with Crippen molar-refractivity contribution in [2.75, 3.05) is 0 Å². The van der Waals surface area contributed by atoms with Crippen molar-refractivity contribution < 1.29 is 4.79 Å². The third-order valence-corrected chi connectivity index (χ3v) is 4.99. The van der Waals surface area contributed by atoms with Crippen LogP contribution < -0.4 is 10.9 Å². The Morgan fingerprint density at radius 2 is 2.08 bits per heavy atom. The second kappa shape index (κ2) is 6.57. The van der Waals surface area contributed by atoms with E-state index in [1.807, 2.05) is 24.4 Å². The standard InChI is InChI=1S/C18H19N3O2S/c1-11-4-5-14(8-12(11)2)13(3)20-16(22)9-21-10-19-17-15(18(21)23)6-7-24-17/h4-8,10,13H,9H2,1-3H3,(H,20,22). The maximum atomic E-state index is 12.3. The van der Waals surface area contributed by atoms with Crippen molar-refractivity contribution in [3.63, 3.8) is 0 Å². The van der Waals surface area contributed by atoms with Gasteiger partial charge in [0.25, 0.3) is 5.56 Å². The number of hydrogen-bond donors (Lipinski definition) is 1. The number of nitrogens with zero attached hydrogens (tertiary/aromatic N) is 2. The molecule has 1 aromatic carbocycles. The summed E-state index contributed by atoms with van der Waals surface area (Å²) in [6, 6.07) is 7.75. The average molecular weight is 341 g/mol. The molecule has 6 heteroatoms. The zero-order valence-corrected chi connectivity index (χ0v) is 14.7. The molecule has 124 valence electrons. The molecule has 0 saturated heterocycles. The van der Waals surface area contributed by atoms with E-state index in [1.165, 1.54) is 33.4 Å². The highest BCUT2D eigenvalue weighted by atomic mass is 32.1. The van der Waals surface area contributed by atoms with Crippen LogP contribution in [0.2, 0.25) is 0 Å². The summed E-state index contributed by atoms with van der Waals surface area (Å²) < 4.78 is 1.34. The van der Waals surface area contributed by atoms with Crippen molar-refractivity contribution in [3.05, 3.63) is 63.0 Å². The minimum atomic E-state index is -0.209. The van der Waals surface area contributed by atoms with E-state index >= 15 is 0 Å². The third kappa shape index (κ3) is 3.23. The number of hydrogen-bond acceptors (Lipinski definition) is 4. The lowest BCUT2D eigenvalue weighted by Gasteiger charge is -2.16. The number of thiophene rings is 1. The Bertz CT molecular complexity index is 958. The Labute approximate surface area is 144 Å². The van der Waals surface area contributed by atoms with Gasteiger partial charge in [-0.1, -0.05) is 18.2 Å². The number of nitrogens with one attached hydrogen (secondary N) is 1. The quantitative estimate of drug-likeness (QED) is 0.793. The molecule has 0 aliphatic carbocycles. The largest absolute Gasteiger partial charge is 0.348 e. The Morgan fingerprint density at radius 1 is 1.29 bits per heavy atom. The first-order chi connectivity index (χ1) is 11.5. The maximum absolute atomic E-state index is 12.3. The minimum absolute atomic E-state index is 0.0349. The lowest BCUT2D eigenvalue weighted by molar-refractivity contribution is -0.122. The van der Waals surface area contributed by atoms with Gasteiger partial charge in [-0.3, -0.25) is 14.2 Å². The van der Waals surface area contributed by atoms with E-state index in [1.54, 1.807) is 6.07 Å². The fourth-order valence-electron chi connectivity index (χ4n) is 2.57. The lowest BCUT2D eigenvalue weighted by Crippen LogP contribution is -2.33. The first kappa shape index (κ1) is 16.4. The number of aromatic nitrogens is 2. The molecular weight excluding hydrogens is 322 g/mol. The Balaban J connectivity index is 1.73. The van der Waals surface area contributed by atoms with Crippen molar-refractivity contribution in [2.45, 2.75) is 33.4 Å². The van der Waals surface area contributed by atoms with Crippen LogP contribution in [0.15, 0.2) is 40.8 Å². The summed E-state index contributed by atoms with van der Waals surface area (Å²) in [6.07, 6.45) is 1.43. The van der Waals surface area contributed by atoms with E-state index in [0.29, 0.717) is 10.2 Å². The Morgan fingerprint density at radius 3 is 2.83 bits per heavy atom. The van der Waals surface area contributed by atoms with E-state index in [4.69, 9.17) is 0 Å². The number of fused-ring (bicyclic) bond motifs is 1. The van der Waals surface area contributed by atoms with Gasteiger partial charge in [-0.15, -0.1) is 11.3 Å². The molecule has 0 radical (unpaired) electrons. The number of carbonyl (C=O) groups excluding carboxylic acids is 1. The zero-order valence-electron chi connectivity index (χ0n) is 13.9. The van der Waals surface area contributed by atoms with Crippen LogP contribution in [0.1, 0.15) is 29.7 Å². The third-order valence-electron chi connectivity index (χ3n) is 4.17. The molecule has 1 N–H and O–H groups in total. The number of carbonyl (C=O) groups is 1. The maximum Gasteiger partial charge on any atom is 0.262 e. The molecule has 0 saturated carbocycles. The van der Waals surface area contributed by atoms with Crippen molar-refractivity contribution in [1.82, 2.24) is 14.9 Å². The van der Waals surface area contributed by atoms with E-state index in [2.05, 4.69) is 30.2 Å². The second-order valence-electron chi connectivity index (χ2n) is 5.95. The highest BCUT2D eigenvalue weighted by molar-refractivity contribution is 7.16. The molecule has 1 amide bonds.